The highest BCUT2D eigenvalue weighted by atomic mass is 35.5. The average Bonchev–Trinajstić information content (AvgIpc) is 3.36. The van der Waals surface area contributed by atoms with Crippen LogP contribution < -0.4 is 4.90 Å². The van der Waals surface area contributed by atoms with Crippen LogP contribution in [0, 0.1) is 5.82 Å². The van der Waals surface area contributed by atoms with Crippen LogP contribution in [0.15, 0.2) is 41.8 Å². The smallest absolute Gasteiger partial charge is 0.412 e. The first-order valence-corrected chi connectivity index (χ1v) is 8.69. The Balaban J connectivity index is 0.000000197. The van der Waals surface area contributed by atoms with E-state index in [4.69, 9.17) is 16.7 Å². The zero-order chi connectivity index (χ0) is 19.2. The summed E-state index contributed by atoms with van der Waals surface area (Å²) in [7, 11) is 0. The highest BCUT2D eigenvalue weighted by molar-refractivity contribution is 6.30. The molecule has 1 saturated heterocycles. The normalized spacial score (nSPS) is 18.4. The van der Waals surface area contributed by atoms with Gasteiger partial charge in [-0.15, -0.1) is 0 Å². The van der Waals surface area contributed by atoms with E-state index in [0.717, 1.165) is 41.9 Å². The van der Waals surface area contributed by atoms with Crippen molar-refractivity contribution in [2.45, 2.75) is 18.9 Å². The molecule has 1 unspecified atom stereocenters. The summed E-state index contributed by atoms with van der Waals surface area (Å²) < 4.78 is 13.3. The first-order valence-electron chi connectivity index (χ1n) is 8.31. The topological polar surface area (TPSA) is 97.7 Å². The lowest BCUT2D eigenvalue weighted by molar-refractivity contribution is 0.173. The molecule has 4 heterocycles. The van der Waals surface area contributed by atoms with Crippen molar-refractivity contribution in [3.63, 3.8) is 0 Å². The minimum Gasteiger partial charge on any atom is -0.465 e. The molecule has 2 N–H and O–H groups in total. The molecule has 0 saturated carbocycles. The van der Waals surface area contributed by atoms with E-state index in [2.05, 4.69) is 25.1 Å². The quantitative estimate of drug-likeness (QED) is 0.763. The van der Waals surface area contributed by atoms with Gasteiger partial charge in [-0.3, -0.25) is 10.00 Å². The number of carboxylic acid groups (broad SMARTS) is 1. The van der Waals surface area contributed by atoms with Crippen LogP contribution >= 0.6 is 11.6 Å². The zero-order valence-corrected chi connectivity index (χ0v) is 15.1. The van der Waals surface area contributed by atoms with E-state index in [0.29, 0.717) is 11.7 Å². The summed E-state index contributed by atoms with van der Waals surface area (Å²) in [4.78, 5) is 20.9. The van der Waals surface area contributed by atoms with Crippen molar-refractivity contribution in [2.75, 3.05) is 18.0 Å². The van der Waals surface area contributed by atoms with Gasteiger partial charge in [-0.1, -0.05) is 11.6 Å². The third-order valence-electron chi connectivity index (χ3n) is 4.19. The molecule has 1 atom stereocenters. The zero-order valence-electron chi connectivity index (χ0n) is 14.3. The summed E-state index contributed by atoms with van der Waals surface area (Å²) in [5.74, 6) is 0.573. The Morgan fingerprint density at radius 1 is 1.44 bits per heavy atom. The number of pyridine rings is 1. The molecule has 4 rings (SSSR count). The summed E-state index contributed by atoms with van der Waals surface area (Å²) in [6.07, 6.45) is 8.37. The lowest BCUT2D eigenvalue weighted by Crippen LogP contribution is -2.29. The number of nitrogens with one attached hydrogen (secondary N) is 1. The molecule has 1 fully saturated rings. The van der Waals surface area contributed by atoms with E-state index in [-0.39, 0.29) is 11.9 Å². The second-order valence-electron chi connectivity index (χ2n) is 5.91. The fourth-order valence-electron chi connectivity index (χ4n) is 2.97. The monoisotopic (exact) mass is 392 g/mol. The fraction of sp³-hybridized carbons (Fsp3) is 0.294. The number of carbonyl (C=O) groups is 1. The van der Waals surface area contributed by atoms with Crippen LogP contribution in [0.1, 0.15) is 24.4 Å². The molecule has 27 heavy (non-hydrogen) atoms. The molecule has 2 aromatic rings. The highest BCUT2D eigenvalue weighted by Crippen LogP contribution is 2.37. The Kier molecular flexibility index (Phi) is 6.02. The van der Waals surface area contributed by atoms with Crippen LogP contribution in [-0.2, 0) is 0 Å². The standard InChI is InChI=1S/C12H12ClFN4.C5H6N2O2/c13-12-9(6-8(14)7-15-12)10-2-1-5-18(10)11-3-4-16-17-11;8-5(9)7-3-1-2-6-4-7/h3-4,6-7,10H,1-2,5H2,(H,16,17);1-2,4H,3H2,(H,8,9). The van der Waals surface area contributed by atoms with E-state index in [9.17, 15) is 9.18 Å². The van der Waals surface area contributed by atoms with Gasteiger partial charge in [-0.2, -0.15) is 5.10 Å². The van der Waals surface area contributed by atoms with Crippen LogP contribution in [-0.4, -0.2) is 50.7 Å². The Hall–Kier alpha value is -2.94. The molecular formula is C17H18ClFN6O2. The third-order valence-corrected chi connectivity index (χ3v) is 4.50. The van der Waals surface area contributed by atoms with Gasteiger partial charge in [-0.05, 0) is 25.0 Å². The minimum atomic E-state index is -0.969. The summed E-state index contributed by atoms with van der Waals surface area (Å²) in [5, 5.41) is 15.6. The summed E-state index contributed by atoms with van der Waals surface area (Å²) in [6, 6.07) is 3.43. The molecule has 0 spiro atoms. The van der Waals surface area contributed by atoms with Gasteiger partial charge < -0.3 is 10.0 Å². The van der Waals surface area contributed by atoms with E-state index in [1.165, 1.54) is 12.4 Å². The number of rotatable bonds is 2. The average molecular weight is 393 g/mol. The van der Waals surface area contributed by atoms with Crippen molar-refractivity contribution < 1.29 is 14.3 Å². The van der Waals surface area contributed by atoms with Crippen LogP contribution in [0.5, 0.6) is 0 Å². The number of H-pyrrole nitrogens is 1. The fourth-order valence-corrected chi connectivity index (χ4v) is 3.20. The van der Waals surface area contributed by atoms with Crippen molar-refractivity contribution in [1.82, 2.24) is 20.1 Å². The Bertz CT molecular complexity index is 842. The molecule has 1 amide bonds. The molecule has 10 heteroatoms. The molecule has 0 aromatic carbocycles. The molecule has 0 radical (unpaired) electrons. The van der Waals surface area contributed by atoms with Crippen molar-refractivity contribution in [3.8, 4) is 0 Å². The van der Waals surface area contributed by atoms with Gasteiger partial charge in [0, 0.05) is 30.9 Å². The molecule has 8 nitrogen and oxygen atoms in total. The van der Waals surface area contributed by atoms with Gasteiger partial charge >= 0.3 is 6.09 Å². The first-order chi connectivity index (χ1) is 13.1. The SMILES string of the molecule is Fc1cnc(Cl)c(C2CCCN2c2ccn[nH]2)c1.O=C(O)N1C=NC=CC1. The van der Waals surface area contributed by atoms with E-state index in [1.807, 2.05) is 6.07 Å². The molecule has 2 aliphatic rings. The Labute approximate surface area is 160 Å². The number of hydrogen-bond acceptors (Lipinski definition) is 5. The predicted molar refractivity (Wildman–Crippen MR) is 99.5 cm³/mol. The predicted octanol–water partition coefficient (Wildman–Crippen LogP) is 3.46. The summed E-state index contributed by atoms with van der Waals surface area (Å²) >= 11 is 6.07. The maximum Gasteiger partial charge on any atom is 0.412 e. The molecule has 2 aromatic heterocycles. The first kappa shape index (κ1) is 18.8. The van der Waals surface area contributed by atoms with Crippen LogP contribution in [0.4, 0.5) is 15.0 Å². The molecular weight excluding hydrogens is 375 g/mol. The summed E-state index contributed by atoms with van der Waals surface area (Å²) in [6.45, 7) is 1.30. The molecule has 0 aliphatic carbocycles. The van der Waals surface area contributed by atoms with Crippen LogP contribution in [0.2, 0.25) is 5.15 Å². The molecule has 0 bridgehead atoms. The number of amides is 1. The number of halogens is 2. The van der Waals surface area contributed by atoms with E-state index in [1.54, 1.807) is 18.5 Å². The maximum atomic E-state index is 13.3. The van der Waals surface area contributed by atoms with E-state index < -0.39 is 6.09 Å². The van der Waals surface area contributed by atoms with Crippen molar-refractivity contribution in [3.05, 3.63) is 53.3 Å². The van der Waals surface area contributed by atoms with Gasteiger partial charge in [0.15, 0.2) is 0 Å². The largest absolute Gasteiger partial charge is 0.465 e. The highest BCUT2D eigenvalue weighted by Gasteiger charge is 2.29. The van der Waals surface area contributed by atoms with Crippen LogP contribution in [0.25, 0.3) is 0 Å². The van der Waals surface area contributed by atoms with Crippen molar-refractivity contribution in [2.24, 2.45) is 4.99 Å². The number of nitrogens with zero attached hydrogens (tertiary/aromatic N) is 5. The minimum absolute atomic E-state index is 0.0566. The number of aromatic nitrogens is 3. The number of hydrogen-bond donors (Lipinski definition) is 2. The summed E-state index contributed by atoms with van der Waals surface area (Å²) in [5.41, 5.74) is 0.740. The van der Waals surface area contributed by atoms with Gasteiger partial charge in [0.2, 0.25) is 0 Å². The van der Waals surface area contributed by atoms with Gasteiger partial charge in [0.05, 0.1) is 18.4 Å². The second kappa shape index (κ2) is 8.63. The number of aromatic amines is 1. The van der Waals surface area contributed by atoms with Crippen LogP contribution in [0.3, 0.4) is 0 Å². The van der Waals surface area contributed by atoms with Gasteiger partial charge in [-0.25, -0.2) is 19.2 Å². The Morgan fingerprint density at radius 2 is 2.30 bits per heavy atom. The van der Waals surface area contributed by atoms with Gasteiger partial charge in [0.1, 0.15) is 23.1 Å². The maximum absolute atomic E-state index is 13.3. The second-order valence-corrected chi connectivity index (χ2v) is 6.27. The van der Waals surface area contributed by atoms with Crippen molar-refractivity contribution >= 4 is 29.9 Å². The number of aliphatic imine (C=N–C) groups is 1. The Morgan fingerprint density at radius 3 is 2.93 bits per heavy atom. The lowest BCUT2D eigenvalue weighted by Gasteiger charge is -2.25. The third kappa shape index (κ3) is 4.62. The molecule has 2 aliphatic heterocycles. The van der Waals surface area contributed by atoms with Crippen molar-refractivity contribution in [1.29, 1.82) is 0 Å². The van der Waals surface area contributed by atoms with Gasteiger partial charge in [0.25, 0.3) is 0 Å². The molecule has 142 valence electrons. The number of anilines is 1. The lowest BCUT2D eigenvalue weighted by atomic mass is 10.1. The van der Waals surface area contributed by atoms with E-state index >= 15 is 0 Å².